The quantitative estimate of drug-likeness (QED) is 0.802. The Morgan fingerprint density at radius 3 is 2.89 bits per heavy atom. The molecule has 5 heteroatoms. The summed E-state index contributed by atoms with van der Waals surface area (Å²) in [6.45, 7) is 6.05. The van der Waals surface area contributed by atoms with Crippen molar-refractivity contribution in [2.45, 2.75) is 37.5 Å². The van der Waals surface area contributed by atoms with Crippen LogP contribution in [-0.2, 0) is 5.60 Å². The number of hydrogen-bond donors (Lipinski definition) is 1. The Hall–Kier alpha value is -0.320. The molecule has 2 unspecified atom stereocenters. The van der Waals surface area contributed by atoms with Crippen molar-refractivity contribution in [1.82, 2.24) is 4.98 Å². The second-order valence-electron chi connectivity index (χ2n) is 5.56. The minimum Gasteiger partial charge on any atom is -0.385 e. The molecule has 1 saturated heterocycles. The van der Waals surface area contributed by atoms with Gasteiger partial charge in [0, 0.05) is 16.5 Å². The maximum absolute atomic E-state index is 13.9. The first kappa shape index (κ1) is 14.1. The molecular formula is C13H17ClFNOS. The van der Waals surface area contributed by atoms with Gasteiger partial charge >= 0.3 is 0 Å². The van der Waals surface area contributed by atoms with Crippen molar-refractivity contribution in [3.05, 3.63) is 28.8 Å². The van der Waals surface area contributed by atoms with Crippen molar-refractivity contribution in [2.75, 3.05) is 5.75 Å². The van der Waals surface area contributed by atoms with E-state index < -0.39 is 11.5 Å². The van der Waals surface area contributed by atoms with E-state index in [1.165, 1.54) is 12.3 Å². The molecule has 1 aromatic heterocycles. The summed E-state index contributed by atoms with van der Waals surface area (Å²) in [7, 11) is 0. The van der Waals surface area contributed by atoms with Crippen molar-refractivity contribution in [1.29, 1.82) is 0 Å². The Labute approximate surface area is 116 Å². The lowest BCUT2D eigenvalue weighted by Gasteiger charge is -2.45. The highest BCUT2D eigenvalue weighted by Crippen LogP contribution is 2.49. The van der Waals surface area contributed by atoms with Crippen LogP contribution in [0, 0.1) is 11.9 Å². The Morgan fingerprint density at radius 1 is 1.56 bits per heavy atom. The Kier molecular flexibility index (Phi) is 3.65. The highest BCUT2D eigenvalue weighted by atomic mass is 35.5. The van der Waals surface area contributed by atoms with E-state index in [0.29, 0.717) is 11.4 Å². The summed E-state index contributed by atoms with van der Waals surface area (Å²) in [5, 5.41) is 11.3. The maximum Gasteiger partial charge on any atom is 0.219 e. The number of aliphatic hydroxyl groups is 1. The van der Waals surface area contributed by atoms with Gasteiger partial charge in [0.2, 0.25) is 5.95 Å². The predicted octanol–water partition coefficient (Wildman–Crippen LogP) is 3.61. The molecule has 0 bridgehead atoms. The van der Waals surface area contributed by atoms with E-state index in [1.54, 1.807) is 11.8 Å². The van der Waals surface area contributed by atoms with Crippen LogP contribution in [0.15, 0.2) is 12.3 Å². The number of thioether (sulfide) groups is 1. The zero-order chi connectivity index (χ0) is 13.6. The van der Waals surface area contributed by atoms with Gasteiger partial charge in [-0.15, -0.1) is 0 Å². The van der Waals surface area contributed by atoms with E-state index in [0.717, 1.165) is 5.75 Å². The van der Waals surface area contributed by atoms with E-state index in [2.05, 4.69) is 18.8 Å². The van der Waals surface area contributed by atoms with Crippen LogP contribution in [0.2, 0.25) is 5.02 Å². The summed E-state index contributed by atoms with van der Waals surface area (Å²) >= 11 is 7.67. The Morgan fingerprint density at radius 2 is 2.22 bits per heavy atom. The highest BCUT2D eigenvalue weighted by molar-refractivity contribution is 8.00. The monoisotopic (exact) mass is 289 g/mol. The Bertz CT molecular complexity index is 468. The number of nitrogens with zero attached hydrogens (tertiary/aromatic N) is 1. The maximum atomic E-state index is 13.9. The molecule has 0 aliphatic carbocycles. The Balaban J connectivity index is 2.48. The molecular weight excluding hydrogens is 273 g/mol. The first-order valence-corrected chi connectivity index (χ1v) is 7.29. The van der Waals surface area contributed by atoms with Crippen molar-refractivity contribution >= 4 is 23.4 Å². The fraction of sp³-hybridized carbons (Fsp3) is 0.615. The largest absolute Gasteiger partial charge is 0.385 e. The SMILES string of the molecule is CC1CSC(C)(C)CC1(O)c1cc(Cl)cnc1F. The summed E-state index contributed by atoms with van der Waals surface area (Å²) in [6.07, 6.45) is 1.75. The second-order valence-corrected chi connectivity index (χ2v) is 7.73. The van der Waals surface area contributed by atoms with Crippen LogP contribution in [0.3, 0.4) is 0 Å². The summed E-state index contributed by atoms with van der Waals surface area (Å²) < 4.78 is 13.8. The molecule has 100 valence electrons. The molecule has 0 aromatic carbocycles. The third-order valence-corrected chi connectivity index (χ3v) is 5.31. The van der Waals surface area contributed by atoms with E-state index >= 15 is 0 Å². The van der Waals surface area contributed by atoms with Crippen molar-refractivity contribution < 1.29 is 9.50 Å². The first-order valence-electron chi connectivity index (χ1n) is 5.92. The van der Waals surface area contributed by atoms with E-state index in [9.17, 15) is 9.50 Å². The molecule has 0 saturated carbocycles. The minimum atomic E-state index is -1.20. The average molecular weight is 290 g/mol. The molecule has 0 spiro atoms. The van der Waals surface area contributed by atoms with Gasteiger partial charge in [0.25, 0.3) is 0 Å². The molecule has 1 aliphatic heterocycles. The zero-order valence-corrected chi connectivity index (χ0v) is 12.3. The van der Waals surface area contributed by atoms with Crippen molar-refractivity contribution in [3.8, 4) is 0 Å². The third kappa shape index (κ3) is 2.51. The first-order chi connectivity index (χ1) is 8.24. The highest BCUT2D eigenvalue weighted by Gasteiger charge is 2.46. The fourth-order valence-corrected chi connectivity index (χ4v) is 3.91. The van der Waals surface area contributed by atoms with Crippen LogP contribution >= 0.6 is 23.4 Å². The average Bonchev–Trinajstić information content (AvgIpc) is 2.27. The van der Waals surface area contributed by atoms with Gasteiger partial charge in [0.15, 0.2) is 0 Å². The molecule has 2 atom stereocenters. The summed E-state index contributed by atoms with van der Waals surface area (Å²) in [4.78, 5) is 3.62. The molecule has 1 fully saturated rings. The molecule has 1 aromatic rings. The van der Waals surface area contributed by atoms with Crippen molar-refractivity contribution in [2.24, 2.45) is 5.92 Å². The predicted molar refractivity (Wildman–Crippen MR) is 73.4 cm³/mol. The molecule has 2 nitrogen and oxygen atoms in total. The summed E-state index contributed by atoms with van der Waals surface area (Å²) in [6, 6.07) is 1.49. The van der Waals surface area contributed by atoms with E-state index in [4.69, 9.17) is 11.6 Å². The molecule has 0 amide bonds. The molecule has 1 N–H and O–H groups in total. The smallest absolute Gasteiger partial charge is 0.219 e. The molecule has 18 heavy (non-hydrogen) atoms. The molecule has 2 heterocycles. The third-order valence-electron chi connectivity index (χ3n) is 3.51. The molecule has 2 rings (SSSR count). The van der Waals surface area contributed by atoms with Gasteiger partial charge in [-0.2, -0.15) is 16.2 Å². The van der Waals surface area contributed by atoms with Gasteiger partial charge in [-0.25, -0.2) is 4.98 Å². The lowest BCUT2D eigenvalue weighted by atomic mass is 9.77. The van der Waals surface area contributed by atoms with Gasteiger partial charge in [0.05, 0.1) is 10.6 Å². The van der Waals surface area contributed by atoms with Crippen molar-refractivity contribution in [3.63, 3.8) is 0 Å². The van der Waals surface area contributed by atoms with Crippen LogP contribution in [-0.4, -0.2) is 20.6 Å². The van der Waals surface area contributed by atoms with Gasteiger partial charge in [-0.1, -0.05) is 32.4 Å². The number of pyridine rings is 1. The van der Waals surface area contributed by atoms with E-state index in [-0.39, 0.29) is 16.2 Å². The van der Waals surface area contributed by atoms with Crippen LogP contribution in [0.5, 0.6) is 0 Å². The molecule has 1 aliphatic rings. The minimum absolute atomic E-state index is 0.0368. The number of halogens is 2. The summed E-state index contributed by atoms with van der Waals surface area (Å²) in [5.41, 5.74) is -0.979. The molecule has 0 radical (unpaired) electrons. The summed E-state index contributed by atoms with van der Waals surface area (Å²) in [5.74, 6) is 0.122. The van der Waals surface area contributed by atoms with Gasteiger partial charge in [-0.05, 0) is 24.2 Å². The van der Waals surface area contributed by atoms with Crippen LogP contribution < -0.4 is 0 Å². The van der Waals surface area contributed by atoms with E-state index in [1.807, 2.05) is 6.92 Å². The van der Waals surface area contributed by atoms with Gasteiger partial charge in [-0.3, -0.25) is 0 Å². The topological polar surface area (TPSA) is 33.1 Å². The fourth-order valence-electron chi connectivity index (χ4n) is 2.45. The number of rotatable bonds is 1. The van der Waals surface area contributed by atoms with Gasteiger partial charge < -0.3 is 5.11 Å². The van der Waals surface area contributed by atoms with Crippen LogP contribution in [0.1, 0.15) is 32.8 Å². The standard InChI is InChI=1S/C13H17ClFNOS/c1-8-6-18-12(2,3)7-13(8,17)10-4-9(14)5-16-11(10)15/h4-5,8,17H,6-7H2,1-3H3. The lowest BCUT2D eigenvalue weighted by molar-refractivity contribution is -0.0315. The van der Waals surface area contributed by atoms with Crippen LogP contribution in [0.25, 0.3) is 0 Å². The van der Waals surface area contributed by atoms with Gasteiger partial charge in [0.1, 0.15) is 0 Å². The zero-order valence-electron chi connectivity index (χ0n) is 10.7. The number of hydrogen-bond acceptors (Lipinski definition) is 3. The van der Waals surface area contributed by atoms with Crippen LogP contribution in [0.4, 0.5) is 4.39 Å². The lowest BCUT2D eigenvalue weighted by Crippen LogP contribution is -2.45. The second kappa shape index (κ2) is 4.66. The normalized spacial score (nSPS) is 31.3. The number of aromatic nitrogens is 1.